The lowest BCUT2D eigenvalue weighted by Gasteiger charge is -2.42. The molecule has 4 unspecified atom stereocenters. The summed E-state index contributed by atoms with van der Waals surface area (Å²) in [5.41, 5.74) is 0. The largest absolute Gasteiger partial charge is 0.462 e. The summed E-state index contributed by atoms with van der Waals surface area (Å²) in [6.45, 7) is 2.60. The quantitative estimate of drug-likeness (QED) is 0.0171. The minimum Gasteiger partial charge on any atom is -0.462 e. The number of hydrogen-bond donors (Lipinski definition) is 7. The summed E-state index contributed by atoms with van der Waals surface area (Å²) in [6.07, 6.45) is 33.6. The summed E-state index contributed by atoms with van der Waals surface area (Å²) in [7, 11) is 0. The smallest absolute Gasteiger partial charge is 0.306 e. The van der Waals surface area contributed by atoms with E-state index < -0.39 is 99.3 Å². The molecule has 0 bridgehead atoms. The van der Waals surface area contributed by atoms with Crippen LogP contribution in [0.5, 0.6) is 0 Å². The standard InChI is InChI=1S/C59H108O15/c1-3-5-7-9-11-13-15-17-19-21-22-23-24-26-27-29-31-33-35-37-39-41-50(61)69-44-47(72-51(62)42-40-38-36-34-32-30-28-25-20-18-16-14-12-10-8-6-4-2)45-70-58-57(68)55(66)53(64)49(74-58)46-71-59-56(67)54(65)52(63)48(43-60)73-59/h28,30,34,36,47-49,52-60,63-68H,3-27,29,31-33,35,37-46H2,1-2H3/b30-28+,36-34+/t47-,48+,49+,52-,53-,54?,55?,56?,57?,58+,59+/m0/s1. The second-order valence-electron chi connectivity index (χ2n) is 21.2. The van der Waals surface area contributed by atoms with E-state index in [4.69, 9.17) is 28.4 Å². The molecule has 15 heteroatoms. The van der Waals surface area contributed by atoms with Gasteiger partial charge in [-0.2, -0.15) is 0 Å². The number of unbranched alkanes of at least 4 members (excludes halogenated alkanes) is 30. The first-order valence-corrected chi connectivity index (χ1v) is 29.9. The molecule has 0 spiro atoms. The molecule has 15 nitrogen and oxygen atoms in total. The van der Waals surface area contributed by atoms with Gasteiger partial charge in [-0.15, -0.1) is 0 Å². The Morgan fingerprint density at radius 2 is 0.824 bits per heavy atom. The fourth-order valence-corrected chi connectivity index (χ4v) is 9.55. The van der Waals surface area contributed by atoms with E-state index in [2.05, 4.69) is 32.1 Å². The van der Waals surface area contributed by atoms with E-state index >= 15 is 0 Å². The Hall–Kier alpha value is -2.02. The number of ether oxygens (including phenoxy) is 6. The summed E-state index contributed by atoms with van der Waals surface area (Å²) in [5.74, 6) is -0.964. The second-order valence-corrected chi connectivity index (χ2v) is 21.2. The Bertz CT molecular complexity index is 1380. The van der Waals surface area contributed by atoms with Gasteiger partial charge in [-0.3, -0.25) is 9.59 Å². The van der Waals surface area contributed by atoms with Crippen LogP contribution in [0.2, 0.25) is 0 Å². The van der Waals surface area contributed by atoms with E-state index in [1.165, 1.54) is 167 Å². The third kappa shape index (κ3) is 32.7. The van der Waals surface area contributed by atoms with Crippen LogP contribution >= 0.6 is 0 Å². The fraction of sp³-hybridized carbons (Fsp3) is 0.898. The first kappa shape index (κ1) is 68.1. The molecule has 2 saturated heterocycles. The lowest BCUT2D eigenvalue weighted by atomic mass is 9.98. The normalized spacial score (nSPS) is 24.8. The number of carbonyl (C=O) groups is 2. The number of carbonyl (C=O) groups excluding carboxylic acids is 2. The molecule has 2 aliphatic heterocycles. The second kappa shape index (κ2) is 45.9. The van der Waals surface area contributed by atoms with Gasteiger partial charge in [0, 0.05) is 12.8 Å². The van der Waals surface area contributed by atoms with Crippen LogP contribution in [0.3, 0.4) is 0 Å². The van der Waals surface area contributed by atoms with Gasteiger partial charge in [0.25, 0.3) is 0 Å². The van der Waals surface area contributed by atoms with Crippen molar-refractivity contribution in [2.45, 2.75) is 313 Å². The summed E-state index contributed by atoms with van der Waals surface area (Å²) >= 11 is 0. The number of aliphatic hydroxyl groups is 7. The molecule has 74 heavy (non-hydrogen) atoms. The zero-order valence-electron chi connectivity index (χ0n) is 46.3. The number of hydrogen-bond acceptors (Lipinski definition) is 15. The SMILES string of the molecule is CCCCCCCCCCC/C=C/C/C=C/CCCC(=O)O[C@@H](COC(=O)CCCCCCCCCCCCCCCCCCCCCCC)CO[C@@H]1O[C@H](CO[C@@H]2O[C@H](CO)[C@H](O)C(O)C2O)[C@H](O)C(O)C1O. The van der Waals surface area contributed by atoms with Crippen LogP contribution in [0.15, 0.2) is 24.3 Å². The maximum absolute atomic E-state index is 13.0. The zero-order valence-corrected chi connectivity index (χ0v) is 46.3. The molecule has 0 aliphatic carbocycles. The predicted octanol–water partition coefficient (Wildman–Crippen LogP) is 10.3. The van der Waals surface area contributed by atoms with Gasteiger partial charge in [0.15, 0.2) is 18.7 Å². The van der Waals surface area contributed by atoms with Crippen LogP contribution in [-0.2, 0) is 38.0 Å². The van der Waals surface area contributed by atoms with Crippen molar-refractivity contribution < 1.29 is 73.8 Å². The van der Waals surface area contributed by atoms with Gasteiger partial charge in [-0.05, 0) is 38.5 Å². The van der Waals surface area contributed by atoms with Gasteiger partial charge in [-0.25, -0.2) is 0 Å². The van der Waals surface area contributed by atoms with Gasteiger partial charge in [0.05, 0.1) is 19.8 Å². The van der Waals surface area contributed by atoms with E-state index in [9.17, 15) is 45.3 Å². The summed E-state index contributed by atoms with van der Waals surface area (Å²) < 4.78 is 33.7. The number of aliphatic hydroxyl groups excluding tert-OH is 7. The Kier molecular flexibility index (Phi) is 42.3. The van der Waals surface area contributed by atoms with Gasteiger partial charge in [0.1, 0.15) is 55.4 Å². The predicted molar refractivity (Wildman–Crippen MR) is 289 cm³/mol. The van der Waals surface area contributed by atoms with Crippen molar-refractivity contribution in [2.75, 3.05) is 26.4 Å². The van der Waals surface area contributed by atoms with E-state index in [0.29, 0.717) is 19.3 Å². The van der Waals surface area contributed by atoms with Crippen LogP contribution < -0.4 is 0 Å². The first-order valence-electron chi connectivity index (χ1n) is 29.9. The molecule has 2 aliphatic rings. The first-order chi connectivity index (χ1) is 36.0. The highest BCUT2D eigenvalue weighted by Gasteiger charge is 2.47. The van der Waals surface area contributed by atoms with E-state index in [-0.39, 0.29) is 19.4 Å². The average molecular weight is 1060 g/mol. The van der Waals surface area contributed by atoms with E-state index in [1.807, 2.05) is 6.08 Å². The Balaban J connectivity index is 1.75. The van der Waals surface area contributed by atoms with Crippen molar-refractivity contribution in [1.82, 2.24) is 0 Å². The van der Waals surface area contributed by atoms with Crippen molar-refractivity contribution in [3.8, 4) is 0 Å². The van der Waals surface area contributed by atoms with Crippen LogP contribution in [0.25, 0.3) is 0 Å². The third-order valence-electron chi connectivity index (χ3n) is 14.4. The number of allylic oxidation sites excluding steroid dienone is 4. The Labute approximate surface area is 447 Å². The monoisotopic (exact) mass is 1060 g/mol. The van der Waals surface area contributed by atoms with E-state index in [1.54, 1.807) is 0 Å². The molecule has 434 valence electrons. The minimum absolute atomic E-state index is 0.105. The van der Waals surface area contributed by atoms with Crippen LogP contribution in [0, 0.1) is 0 Å². The third-order valence-corrected chi connectivity index (χ3v) is 14.4. The van der Waals surface area contributed by atoms with Crippen molar-refractivity contribution in [3.63, 3.8) is 0 Å². The minimum atomic E-state index is -1.77. The number of rotatable bonds is 48. The summed E-state index contributed by atoms with van der Waals surface area (Å²) in [6, 6.07) is 0. The molecular weight excluding hydrogens is 949 g/mol. The molecule has 0 saturated carbocycles. The molecule has 0 aromatic rings. The highest BCUT2D eigenvalue weighted by molar-refractivity contribution is 5.70. The van der Waals surface area contributed by atoms with Gasteiger partial charge >= 0.3 is 11.9 Å². The van der Waals surface area contributed by atoms with Crippen LogP contribution in [-0.4, -0.2) is 142 Å². The average Bonchev–Trinajstić information content (AvgIpc) is 3.39. The molecule has 2 heterocycles. The van der Waals surface area contributed by atoms with Crippen LogP contribution in [0.1, 0.15) is 245 Å². The summed E-state index contributed by atoms with van der Waals surface area (Å²) in [5, 5.41) is 72.3. The van der Waals surface area contributed by atoms with Crippen molar-refractivity contribution >= 4 is 11.9 Å². The highest BCUT2D eigenvalue weighted by Crippen LogP contribution is 2.27. The maximum Gasteiger partial charge on any atom is 0.306 e. The summed E-state index contributed by atoms with van der Waals surface area (Å²) in [4.78, 5) is 25.9. The van der Waals surface area contributed by atoms with Crippen molar-refractivity contribution in [3.05, 3.63) is 24.3 Å². The maximum atomic E-state index is 13.0. The topological polar surface area (TPSA) is 231 Å². The lowest BCUT2D eigenvalue weighted by Crippen LogP contribution is -2.61. The molecule has 0 aromatic heterocycles. The van der Waals surface area contributed by atoms with E-state index in [0.717, 1.165) is 32.1 Å². The van der Waals surface area contributed by atoms with Gasteiger partial charge in [0.2, 0.25) is 0 Å². The fourth-order valence-electron chi connectivity index (χ4n) is 9.55. The molecular formula is C59H108O15. The van der Waals surface area contributed by atoms with Gasteiger partial charge < -0.3 is 64.2 Å². The molecule has 2 rings (SSSR count). The Morgan fingerprint density at radius 1 is 0.432 bits per heavy atom. The molecule has 0 radical (unpaired) electrons. The van der Waals surface area contributed by atoms with Crippen LogP contribution in [0.4, 0.5) is 0 Å². The van der Waals surface area contributed by atoms with Crippen molar-refractivity contribution in [2.24, 2.45) is 0 Å². The molecule has 0 amide bonds. The molecule has 7 N–H and O–H groups in total. The highest BCUT2D eigenvalue weighted by atomic mass is 16.7. The molecule has 2 fully saturated rings. The molecule has 11 atom stereocenters. The zero-order chi connectivity index (χ0) is 53.9. The molecule has 0 aromatic carbocycles. The lowest BCUT2D eigenvalue weighted by molar-refractivity contribution is -0.332. The van der Waals surface area contributed by atoms with Crippen molar-refractivity contribution in [1.29, 1.82) is 0 Å². The van der Waals surface area contributed by atoms with Gasteiger partial charge in [-0.1, -0.05) is 218 Å². The Morgan fingerprint density at radius 3 is 1.30 bits per heavy atom. The number of esters is 2.